The van der Waals surface area contributed by atoms with E-state index in [2.05, 4.69) is 10.2 Å². The largest absolute Gasteiger partial charge is 0.353 e. The molecule has 4 heteroatoms. The van der Waals surface area contributed by atoms with Gasteiger partial charge in [-0.15, -0.1) is 0 Å². The summed E-state index contributed by atoms with van der Waals surface area (Å²) in [5.74, 6) is 0.680. The Bertz CT molecular complexity index is 503. The molecule has 2 aliphatic rings. The first-order valence-electron chi connectivity index (χ1n) is 8.95. The summed E-state index contributed by atoms with van der Waals surface area (Å²) >= 11 is 0. The molecule has 126 valence electrons. The van der Waals surface area contributed by atoms with E-state index in [0.29, 0.717) is 12.0 Å². The topological polar surface area (TPSA) is 32.3 Å². The SMILES string of the molecule is O=C(CC1CCCC1)NC1CCN(Cc2ccc(F)cc2)CC1. The highest BCUT2D eigenvalue weighted by atomic mass is 19.1. The van der Waals surface area contributed by atoms with Gasteiger partial charge in [-0.1, -0.05) is 25.0 Å². The van der Waals surface area contributed by atoms with Crippen LogP contribution in [0.3, 0.4) is 0 Å². The lowest BCUT2D eigenvalue weighted by molar-refractivity contribution is -0.123. The zero-order valence-corrected chi connectivity index (χ0v) is 13.8. The Morgan fingerprint density at radius 3 is 2.39 bits per heavy atom. The van der Waals surface area contributed by atoms with Crippen molar-refractivity contribution in [2.24, 2.45) is 5.92 Å². The number of amides is 1. The number of piperidine rings is 1. The number of hydrogen-bond donors (Lipinski definition) is 1. The number of hydrogen-bond acceptors (Lipinski definition) is 2. The van der Waals surface area contributed by atoms with E-state index in [9.17, 15) is 9.18 Å². The van der Waals surface area contributed by atoms with Crippen molar-refractivity contribution in [3.05, 3.63) is 35.6 Å². The van der Waals surface area contributed by atoms with E-state index in [1.807, 2.05) is 12.1 Å². The highest BCUT2D eigenvalue weighted by Crippen LogP contribution is 2.27. The van der Waals surface area contributed by atoms with Crippen LogP contribution in [0.1, 0.15) is 50.5 Å². The van der Waals surface area contributed by atoms with E-state index in [-0.39, 0.29) is 11.7 Å². The number of rotatable bonds is 5. The third-order valence-electron chi connectivity index (χ3n) is 5.22. The Kier molecular flexibility index (Phi) is 5.65. The quantitative estimate of drug-likeness (QED) is 0.901. The molecule has 2 fully saturated rings. The smallest absolute Gasteiger partial charge is 0.220 e. The number of halogens is 1. The van der Waals surface area contributed by atoms with Crippen LogP contribution < -0.4 is 5.32 Å². The molecule has 1 aliphatic heterocycles. The summed E-state index contributed by atoms with van der Waals surface area (Å²) in [7, 11) is 0. The molecule has 23 heavy (non-hydrogen) atoms. The predicted molar refractivity (Wildman–Crippen MR) is 89.4 cm³/mol. The second kappa shape index (κ2) is 7.91. The molecule has 3 rings (SSSR count). The highest BCUT2D eigenvalue weighted by Gasteiger charge is 2.23. The molecule has 1 N–H and O–H groups in total. The number of carbonyl (C=O) groups excluding carboxylic acids is 1. The molecule has 0 spiro atoms. The van der Waals surface area contributed by atoms with E-state index >= 15 is 0 Å². The zero-order chi connectivity index (χ0) is 16.1. The Morgan fingerprint density at radius 2 is 1.74 bits per heavy atom. The lowest BCUT2D eigenvalue weighted by Crippen LogP contribution is -2.44. The Morgan fingerprint density at radius 1 is 1.09 bits per heavy atom. The van der Waals surface area contributed by atoms with E-state index in [0.717, 1.165) is 44.5 Å². The normalized spacial score (nSPS) is 20.7. The monoisotopic (exact) mass is 318 g/mol. The lowest BCUT2D eigenvalue weighted by atomic mass is 10.0. The van der Waals surface area contributed by atoms with Gasteiger partial charge in [-0.05, 0) is 49.3 Å². The number of nitrogens with zero attached hydrogens (tertiary/aromatic N) is 1. The van der Waals surface area contributed by atoms with Crippen molar-refractivity contribution >= 4 is 5.91 Å². The maximum atomic E-state index is 12.9. The van der Waals surface area contributed by atoms with Crippen LogP contribution in [0.5, 0.6) is 0 Å². The average Bonchev–Trinajstić information content (AvgIpc) is 3.04. The average molecular weight is 318 g/mol. The molecule has 3 nitrogen and oxygen atoms in total. The third kappa shape index (κ3) is 5.03. The third-order valence-corrected chi connectivity index (χ3v) is 5.22. The molecule has 0 atom stereocenters. The van der Waals surface area contributed by atoms with Gasteiger partial charge in [0.05, 0.1) is 0 Å². The second-order valence-electron chi connectivity index (χ2n) is 7.10. The van der Waals surface area contributed by atoms with Gasteiger partial charge in [-0.3, -0.25) is 9.69 Å². The number of nitrogens with one attached hydrogen (secondary N) is 1. The Hall–Kier alpha value is -1.42. The Labute approximate surface area is 138 Å². The van der Waals surface area contributed by atoms with Gasteiger partial charge in [0, 0.05) is 32.1 Å². The number of carbonyl (C=O) groups is 1. The van der Waals surface area contributed by atoms with Crippen molar-refractivity contribution in [3.63, 3.8) is 0 Å². The summed E-state index contributed by atoms with van der Waals surface area (Å²) in [6.45, 7) is 2.85. The van der Waals surface area contributed by atoms with Crippen LogP contribution in [0.25, 0.3) is 0 Å². The van der Waals surface area contributed by atoms with Gasteiger partial charge in [0.1, 0.15) is 5.82 Å². The van der Waals surface area contributed by atoms with E-state index < -0.39 is 0 Å². The van der Waals surface area contributed by atoms with Crippen molar-refractivity contribution in [2.75, 3.05) is 13.1 Å². The fraction of sp³-hybridized carbons (Fsp3) is 0.632. The molecule has 0 unspecified atom stereocenters. The summed E-state index contributed by atoms with van der Waals surface area (Å²) in [5.41, 5.74) is 1.15. The van der Waals surface area contributed by atoms with Gasteiger partial charge in [-0.25, -0.2) is 4.39 Å². The van der Waals surface area contributed by atoms with Crippen molar-refractivity contribution in [1.82, 2.24) is 10.2 Å². The fourth-order valence-corrected chi connectivity index (χ4v) is 3.85. The summed E-state index contributed by atoms with van der Waals surface area (Å²) in [4.78, 5) is 14.5. The summed E-state index contributed by atoms with van der Waals surface area (Å²) in [5, 5.41) is 3.22. The molecule has 1 amide bonds. The predicted octanol–water partition coefficient (Wildman–Crippen LogP) is 3.49. The van der Waals surface area contributed by atoms with Gasteiger partial charge < -0.3 is 5.32 Å². The van der Waals surface area contributed by atoms with Gasteiger partial charge in [0.15, 0.2) is 0 Å². The van der Waals surface area contributed by atoms with E-state index in [1.165, 1.54) is 37.8 Å². The van der Waals surface area contributed by atoms with Gasteiger partial charge >= 0.3 is 0 Å². The van der Waals surface area contributed by atoms with Crippen molar-refractivity contribution < 1.29 is 9.18 Å². The highest BCUT2D eigenvalue weighted by molar-refractivity contribution is 5.76. The molecule has 1 heterocycles. The summed E-state index contributed by atoms with van der Waals surface area (Å²) in [6, 6.07) is 7.07. The molecule has 1 saturated carbocycles. The molecule has 0 radical (unpaired) electrons. The van der Waals surface area contributed by atoms with Crippen LogP contribution >= 0.6 is 0 Å². The van der Waals surface area contributed by atoms with Gasteiger partial charge in [-0.2, -0.15) is 0 Å². The molecular formula is C19H27FN2O. The molecule has 1 aliphatic carbocycles. The maximum Gasteiger partial charge on any atom is 0.220 e. The maximum absolute atomic E-state index is 12.9. The van der Waals surface area contributed by atoms with Crippen molar-refractivity contribution in [3.8, 4) is 0 Å². The fourth-order valence-electron chi connectivity index (χ4n) is 3.85. The zero-order valence-electron chi connectivity index (χ0n) is 13.8. The van der Waals surface area contributed by atoms with Gasteiger partial charge in [0.25, 0.3) is 0 Å². The number of likely N-dealkylation sites (tertiary alicyclic amines) is 1. The molecule has 0 bridgehead atoms. The summed E-state index contributed by atoms with van der Waals surface area (Å²) < 4.78 is 12.9. The first-order chi connectivity index (χ1) is 11.2. The van der Waals surface area contributed by atoms with E-state index in [4.69, 9.17) is 0 Å². The second-order valence-corrected chi connectivity index (χ2v) is 7.10. The van der Waals surface area contributed by atoms with Gasteiger partial charge in [0.2, 0.25) is 5.91 Å². The molecule has 1 aromatic carbocycles. The molecule has 1 saturated heterocycles. The summed E-state index contributed by atoms with van der Waals surface area (Å²) in [6.07, 6.45) is 7.78. The standard InChI is InChI=1S/C19H27FN2O/c20-17-7-5-16(6-8-17)14-22-11-9-18(10-12-22)21-19(23)13-15-3-1-2-4-15/h5-8,15,18H,1-4,9-14H2,(H,21,23). The van der Waals surface area contributed by atoms with Crippen LogP contribution in [0, 0.1) is 11.7 Å². The van der Waals surface area contributed by atoms with Crippen LogP contribution in [0.4, 0.5) is 4.39 Å². The van der Waals surface area contributed by atoms with Crippen LogP contribution in [-0.4, -0.2) is 29.9 Å². The number of benzene rings is 1. The Balaban J connectivity index is 1.37. The van der Waals surface area contributed by atoms with Crippen LogP contribution in [0.2, 0.25) is 0 Å². The van der Waals surface area contributed by atoms with E-state index in [1.54, 1.807) is 0 Å². The van der Waals surface area contributed by atoms with Crippen molar-refractivity contribution in [1.29, 1.82) is 0 Å². The first kappa shape index (κ1) is 16.4. The minimum atomic E-state index is -0.183. The minimum absolute atomic E-state index is 0.183. The molecule has 1 aromatic rings. The molecule has 0 aromatic heterocycles. The lowest BCUT2D eigenvalue weighted by Gasteiger charge is -2.32. The first-order valence-corrected chi connectivity index (χ1v) is 8.95. The van der Waals surface area contributed by atoms with Crippen LogP contribution in [-0.2, 0) is 11.3 Å². The molecular weight excluding hydrogens is 291 g/mol. The minimum Gasteiger partial charge on any atom is -0.353 e. The van der Waals surface area contributed by atoms with Crippen molar-refractivity contribution in [2.45, 2.75) is 57.5 Å². The van der Waals surface area contributed by atoms with Crippen LogP contribution in [0.15, 0.2) is 24.3 Å².